The standard InChI is InChI=1S/C12H18BrN/c1-2-3-4-5-6-7-11-8-9-12(13)14-10-11/h8-10H,2-7H2,1H3. The van der Waals surface area contributed by atoms with Gasteiger partial charge < -0.3 is 0 Å². The van der Waals surface area contributed by atoms with Crippen LogP contribution in [0.25, 0.3) is 0 Å². The minimum atomic E-state index is 0.923. The maximum absolute atomic E-state index is 4.21. The first-order valence-electron chi connectivity index (χ1n) is 5.43. The Kier molecular flexibility index (Phi) is 5.85. The third-order valence-corrected chi connectivity index (χ3v) is 2.83. The summed E-state index contributed by atoms with van der Waals surface area (Å²) in [5.41, 5.74) is 1.35. The molecule has 0 unspecified atom stereocenters. The molecule has 0 saturated heterocycles. The Morgan fingerprint density at radius 3 is 2.57 bits per heavy atom. The second-order valence-electron chi connectivity index (χ2n) is 3.65. The summed E-state index contributed by atoms with van der Waals surface area (Å²) < 4.78 is 0.923. The van der Waals surface area contributed by atoms with Crippen LogP contribution in [0.3, 0.4) is 0 Å². The summed E-state index contributed by atoms with van der Waals surface area (Å²) in [5, 5.41) is 0. The van der Waals surface area contributed by atoms with Gasteiger partial charge in [0.15, 0.2) is 0 Å². The lowest BCUT2D eigenvalue weighted by Gasteiger charge is -2.00. The van der Waals surface area contributed by atoms with E-state index in [0.717, 1.165) is 4.60 Å². The van der Waals surface area contributed by atoms with Gasteiger partial charge in [-0.3, -0.25) is 0 Å². The molecular weight excluding hydrogens is 238 g/mol. The molecule has 0 aliphatic rings. The van der Waals surface area contributed by atoms with Gasteiger partial charge >= 0.3 is 0 Å². The molecule has 0 fully saturated rings. The number of rotatable bonds is 6. The summed E-state index contributed by atoms with van der Waals surface area (Å²) in [7, 11) is 0. The fourth-order valence-electron chi connectivity index (χ4n) is 1.49. The summed E-state index contributed by atoms with van der Waals surface area (Å²) in [6, 6.07) is 4.16. The molecular formula is C12H18BrN. The Hall–Kier alpha value is -0.370. The van der Waals surface area contributed by atoms with Gasteiger partial charge in [0.2, 0.25) is 0 Å². The SMILES string of the molecule is CCCCCCCc1ccc(Br)nc1. The zero-order valence-electron chi connectivity index (χ0n) is 8.80. The quantitative estimate of drug-likeness (QED) is 0.544. The lowest BCUT2D eigenvalue weighted by atomic mass is 10.1. The van der Waals surface area contributed by atoms with Gasteiger partial charge in [-0.15, -0.1) is 0 Å². The Balaban J connectivity index is 2.15. The van der Waals surface area contributed by atoms with Crippen molar-refractivity contribution in [1.29, 1.82) is 0 Å². The molecule has 0 N–H and O–H groups in total. The third kappa shape index (κ3) is 4.75. The monoisotopic (exact) mass is 255 g/mol. The molecule has 1 aromatic rings. The molecule has 2 heteroatoms. The number of nitrogens with zero attached hydrogens (tertiary/aromatic N) is 1. The van der Waals surface area contributed by atoms with E-state index >= 15 is 0 Å². The molecule has 0 atom stereocenters. The number of halogens is 1. The number of pyridine rings is 1. The Morgan fingerprint density at radius 1 is 1.14 bits per heavy atom. The van der Waals surface area contributed by atoms with Crippen molar-refractivity contribution in [3.05, 3.63) is 28.5 Å². The van der Waals surface area contributed by atoms with Gasteiger partial charge in [0, 0.05) is 6.20 Å². The molecule has 0 aliphatic heterocycles. The largest absolute Gasteiger partial charge is 0.249 e. The minimum absolute atomic E-state index is 0.923. The zero-order chi connectivity index (χ0) is 10.2. The zero-order valence-corrected chi connectivity index (χ0v) is 10.4. The van der Waals surface area contributed by atoms with E-state index in [1.165, 1.54) is 44.1 Å². The molecule has 0 aliphatic carbocycles. The van der Waals surface area contributed by atoms with E-state index in [-0.39, 0.29) is 0 Å². The molecule has 0 aromatic carbocycles. The highest BCUT2D eigenvalue weighted by molar-refractivity contribution is 9.10. The van der Waals surface area contributed by atoms with Crippen LogP contribution < -0.4 is 0 Å². The molecule has 1 rings (SSSR count). The fraction of sp³-hybridized carbons (Fsp3) is 0.583. The van der Waals surface area contributed by atoms with Crippen LogP contribution in [-0.2, 0) is 6.42 Å². The molecule has 0 spiro atoms. The van der Waals surface area contributed by atoms with Gasteiger partial charge in [-0.1, -0.05) is 38.7 Å². The Labute approximate surface area is 95.1 Å². The first-order valence-corrected chi connectivity index (χ1v) is 6.22. The molecule has 1 heterocycles. The highest BCUT2D eigenvalue weighted by Gasteiger charge is 1.94. The van der Waals surface area contributed by atoms with Crippen molar-refractivity contribution in [3.8, 4) is 0 Å². The summed E-state index contributed by atoms with van der Waals surface area (Å²) in [6.45, 7) is 2.25. The number of aromatic nitrogens is 1. The number of unbranched alkanes of at least 4 members (excludes halogenated alkanes) is 4. The van der Waals surface area contributed by atoms with Crippen LogP contribution in [0.4, 0.5) is 0 Å². The third-order valence-electron chi connectivity index (χ3n) is 2.36. The Bertz CT molecular complexity index is 243. The van der Waals surface area contributed by atoms with E-state index in [2.05, 4.69) is 33.9 Å². The second kappa shape index (κ2) is 6.99. The van der Waals surface area contributed by atoms with Gasteiger partial charge in [0.25, 0.3) is 0 Å². The summed E-state index contributed by atoms with van der Waals surface area (Å²) in [6.07, 6.45) is 9.85. The molecule has 1 nitrogen and oxygen atoms in total. The van der Waals surface area contributed by atoms with Gasteiger partial charge in [-0.05, 0) is 40.4 Å². The molecule has 0 saturated carbocycles. The van der Waals surface area contributed by atoms with E-state index in [4.69, 9.17) is 0 Å². The summed E-state index contributed by atoms with van der Waals surface area (Å²) in [5.74, 6) is 0. The van der Waals surface area contributed by atoms with Crippen LogP contribution >= 0.6 is 15.9 Å². The molecule has 0 amide bonds. The average molecular weight is 256 g/mol. The van der Waals surface area contributed by atoms with E-state index in [1.54, 1.807) is 0 Å². The predicted molar refractivity (Wildman–Crippen MR) is 64.4 cm³/mol. The van der Waals surface area contributed by atoms with Crippen molar-refractivity contribution in [2.45, 2.75) is 45.4 Å². The number of aryl methyl sites for hydroxylation is 1. The maximum Gasteiger partial charge on any atom is 0.106 e. The normalized spacial score (nSPS) is 10.4. The number of hydrogen-bond acceptors (Lipinski definition) is 1. The van der Waals surface area contributed by atoms with Gasteiger partial charge in [0.05, 0.1) is 0 Å². The first-order chi connectivity index (χ1) is 6.83. The van der Waals surface area contributed by atoms with Gasteiger partial charge in [0.1, 0.15) is 4.60 Å². The minimum Gasteiger partial charge on any atom is -0.249 e. The number of hydrogen-bond donors (Lipinski definition) is 0. The Morgan fingerprint density at radius 2 is 1.93 bits per heavy atom. The van der Waals surface area contributed by atoms with Crippen LogP contribution in [0.15, 0.2) is 22.9 Å². The summed E-state index contributed by atoms with van der Waals surface area (Å²) in [4.78, 5) is 4.21. The van der Waals surface area contributed by atoms with E-state index < -0.39 is 0 Å². The van der Waals surface area contributed by atoms with Crippen molar-refractivity contribution in [2.75, 3.05) is 0 Å². The molecule has 1 aromatic heterocycles. The van der Waals surface area contributed by atoms with Crippen molar-refractivity contribution < 1.29 is 0 Å². The van der Waals surface area contributed by atoms with E-state index in [0.29, 0.717) is 0 Å². The first kappa shape index (κ1) is 11.7. The van der Waals surface area contributed by atoms with Crippen molar-refractivity contribution in [2.24, 2.45) is 0 Å². The molecule has 0 radical (unpaired) electrons. The fourth-order valence-corrected chi connectivity index (χ4v) is 1.72. The van der Waals surface area contributed by atoms with Crippen LogP contribution in [0.2, 0.25) is 0 Å². The molecule has 14 heavy (non-hydrogen) atoms. The van der Waals surface area contributed by atoms with Crippen LogP contribution in [0, 0.1) is 0 Å². The average Bonchev–Trinajstić information content (AvgIpc) is 2.21. The van der Waals surface area contributed by atoms with E-state index in [1.807, 2.05) is 12.3 Å². The van der Waals surface area contributed by atoms with Crippen LogP contribution in [-0.4, -0.2) is 4.98 Å². The van der Waals surface area contributed by atoms with Crippen LogP contribution in [0.5, 0.6) is 0 Å². The van der Waals surface area contributed by atoms with Gasteiger partial charge in [-0.25, -0.2) is 4.98 Å². The van der Waals surface area contributed by atoms with Crippen molar-refractivity contribution in [1.82, 2.24) is 4.98 Å². The highest BCUT2D eigenvalue weighted by atomic mass is 79.9. The molecule has 0 bridgehead atoms. The van der Waals surface area contributed by atoms with Gasteiger partial charge in [-0.2, -0.15) is 0 Å². The predicted octanol–water partition coefficient (Wildman–Crippen LogP) is 4.36. The van der Waals surface area contributed by atoms with Crippen molar-refractivity contribution in [3.63, 3.8) is 0 Å². The van der Waals surface area contributed by atoms with Crippen molar-refractivity contribution >= 4 is 15.9 Å². The lowest BCUT2D eigenvalue weighted by molar-refractivity contribution is 0.631. The molecule has 78 valence electrons. The summed E-state index contributed by atoms with van der Waals surface area (Å²) >= 11 is 3.34. The highest BCUT2D eigenvalue weighted by Crippen LogP contribution is 2.10. The topological polar surface area (TPSA) is 12.9 Å². The maximum atomic E-state index is 4.21. The van der Waals surface area contributed by atoms with E-state index in [9.17, 15) is 0 Å². The second-order valence-corrected chi connectivity index (χ2v) is 4.47. The lowest BCUT2D eigenvalue weighted by Crippen LogP contribution is -1.87. The van der Waals surface area contributed by atoms with Crippen LogP contribution in [0.1, 0.15) is 44.6 Å². The smallest absolute Gasteiger partial charge is 0.106 e.